The molecule has 1 fully saturated rings. The molecule has 31 heavy (non-hydrogen) atoms. The molecule has 3 aromatic rings. The first-order valence-electron chi connectivity index (χ1n) is 10.6. The summed E-state index contributed by atoms with van der Waals surface area (Å²) in [6.07, 6.45) is 1.44. The molecule has 0 aliphatic carbocycles. The summed E-state index contributed by atoms with van der Waals surface area (Å²) >= 11 is 0. The summed E-state index contributed by atoms with van der Waals surface area (Å²) in [4.78, 5) is 16.2. The van der Waals surface area contributed by atoms with Gasteiger partial charge in [-0.1, -0.05) is 29.8 Å². The third kappa shape index (κ3) is 5.47. The Kier molecular flexibility index (Phi) is 6.57. The molecule has 0 radical (unpaired) electrons. The van der Waals surface area contributed by atoms with Crippen LogP contribution in [-0.2, 0) is 13.2 Å². The van der Waals surface area contributed by atoms with Gasteiger partial charge in [-0.05, 0) is 36.8 Å². The Bertz CT molecular complexity index is 1050. The van der Waals surface area contributed by atoms with Gasteiger partial charge >= 0.3 is 0 Å². The third-order valence-corrected chi connectivity index (χ3v) is 5.66. The smallest absolute Gasteiger partial charge is 0.227 e. The van der Waals surface area contributed by atoms with Crippen LogP contribution >= 0.6 is 0 Å². The largest absolute Gasteiger partial charge is 0.497 e. The van der Waals surface area contributed by atoms with Gasteiger partial charge in [0.15, 0.2) is 5.76 Å². The summed E-state index contributed by atoms with van der Waals surface area (Å²) in [7, 11) is 1.68. The van der Waals surface area contributed by atoms with Crippen LogP contribution in [0.2, 0.25) is 0 Å². The first-order chi connectivity index (χ1) is 15.1. The fourth-order valence-corrected chi connectivity index (χ4v) is 3.90. The highest BCUT2D eigenvalue weighted by atomic mass is 16.5. The van der Waals surface area contributed by atoms with Crippen LogP contribution in [-0.4, -0.2) is 33.3 Å². The fourth-order valence-electron chi connectivity index (χ4n) is 3.90. The molecule has 2 aromatic carbocycles. The van der Waals surface area contributed by atoms with Crippen LogP contribution in [0, 0.1) is 6.92 Å². The van der Waals surface area contributed by atoms with Crippen LogP contribution in [0.1, 0.15) is 16.9 Å². The molecule has 0 amide bonds. The predicted molar refractivity (Wildman–Crippen MR) is 120 cm³/mol. The van der Waals surface area contributed by atoms with Gasteiger partial charge < -0.3 is 23.7 Å². The number of rotatable bonds is 7. The number of nitrogens with zero attached hydrogens (tertiary/aromatic N) is 1. The lowest BCUT2D eigenvalue weighted by atomic mass is 10.1. The summed E-state index contributed by atoms with van der Waals surface area (Å²) in [6.45, 7) is 6.98. The van der Waals surface area contributed by atoms with Gasteiger partial charge in [-0.2, -0.15) is 0 Å². The molecule has 1 saturated heterocycles. The molecular formula is C25H29N2O4+. The minimum absolute atomic E-state index is 0.134. The van der Waals surface area contributed by atoms with Crippen LogP contribution in [0.5, 0.6) is 11.5 Å². The molecule has 0 atom stereocenters. The zero-order valence-corrected chi connectivity index (χ0v) is 18.1. The van der Waals surface area contributed by atoms with Gasteiger partial charge in [0.25, 0.3) is 0 Å². The van der Waals surface area contributed by atoms with Crippen molar-refractivity contribution >= 4 is 5.69 Å². The fraction of sp³-hybridized carbons (Fsp3) is 0.320. The monoisotopic (exact) mass is 421 g/mol. The van der Waals surface area contributed by atoms with E-state index in [0.29, 0.717) is 18.9 Å². The van der Waals surface area contributed by atoms with E-state index in [-0.39, 0.29) is 11.2 Å². The maximum Gasteiger partial charge on any atom is 0.227 e. The minimum atomic E-state index is -0.134. The van der Waals surface area contributed by atoms with Crippen LogP contribution in [0.3, 0.4) is 0 Å². The van der Waals surface area contributed by atoms with Gasteiger partial charge in [-0.3, -0.25) is 4.79 Å². The molecule has 0 bridgehead atoms. The average molecular weight is 422 g/mol. The SMILES string of the molecule is COc1ccc(N2CC[NH+](Cc3cc(=O)c(OCc4cccc(C)c4)co3)CC2)cc1. The Morgan fingerprint density at radius 3 is 2.52 bits per heavy atom. The van der Waals surface area contributed by atoms with Crippen molar-refractivity contribution in [3.63, 3.8) is 0 Å². The zero-order valence-electron chi connectivity index (χ0n) is 18.1. The molecule has 0 saturated carbocycles. The van der Waals surface area contributed by atoms with E-state index in [4.69, 9.17) is 13.9 Å². The lowest BCUT2D eigenvalue weighted by Gasteiger charge is -2.33. The number of anilines is 1. The number of methoxy groups -OCH3 is 1. The molecule has 6 nitrogen and oxygen atoms in total. The van der Waals surface area contributed by atoms with Crippen molar-refractivity contribution < 1.29 is 18.8 Å². The van der Waals surface area contributed by atoms with Crippen LogP contribution in [0.25, 0.3) is 0 Å². The van der Waals surface area contributed by atoms with Gasteiger partial charge in [0.2, 0.25) is 11.2 Å². The van der Waals surface area contributed by atoms with Gasteiger partial charge in [0.1, 0.15) is 25.2 Å². The lowest BCUT2D eigenvalue weighted by molar-refractivity contribution is -0.915. The lowest BCUT2D eigenvalue weighted by Crippen LogP contribution is -3.13. The van der Waals surface area contributed by atoms with Crippen molar-refractivity contribution in [3.05, 3.63) is 88.0 Å². The summed E-state index contributed by atoms with van der Waals surface area (Å²) in [5.74, 6) is 1.82. The van der Waals surface area contributed by atoms with E-state index in [2.05, 4.69) is 17.0 Å². The van der Waals surface area contributed by atoms with Gasteiger partial charge in [0, 0.05) is 11.8 Å². The number of nitrogens with one attached hydrogen (secondary N) is 1. The molecule has 2 heterocycles. The normalized spacial score (nSPS) is 14.5. The van der Waals surface area contributed by atoms with Gasteiger partial charge in [-0.25, -0.2) is 0 Å². The van der Waals surface area contributed by atoms with Crippen molar-refractivity contribution in [2.75, 3.05) is 38.2 Å². The number of hydrogen-bond donors (Lipinski definition) is 1. The van der Waals surface area contributed by atoms with E-state index in [1.54, 1.807) is 13.2 Å². The highest BCUT2D eigenvalue weighted by Crippen LogP contribution is 2.19. The number of benzene rings is 2. The third-order valence-electron chi connectivity index (χ3n) is 5.66. The number of aryl methyl sites for hydroxylation is 1. The Morgan fingerprint density at radius 2 is 1.84 bits per heavy atom. The van der Waals surface area contributed by atoms with E-state index in [0.717, 1.165) is 37.5 Å². The van der Waals surface area contributed by atoms with E-state index in [9.17, 15) is 4.79 Å². The van der Waals surface area contributed by atoms with E-state index >= 15 is 0 Å². The molecule has 4 rings (SSSR count). The van der Waals surface area contributed by atoms with Gasteiger partial charge in [0.05, 0.1) is 33.3 Å². The maximum absolute atomic E-state index is 12.4. The van der Waals surface area contributed by atoms with Crippen LogP contribution in [0.4, 0.5) is 5.69 Å². The Labute approximate surface area is 182 Å². The molecule has 0 spiro atoms. The maximum atomic E-state index is 12.4. The van der Waals surface area contributed by atoms with Crippen molar-refractivity contribution in [2.24, 2.45) is 0 Å². The number of ether oxygens (including phenoxy) is 2. The highest BCUT2D eigenvalue weighted by Gasteiger charge is 2.21. The summed E-state index contributed by atoms with van der Waals surface area (Å²) in [5.41, 5.74) is 3.27. The highest BCUT2D eigenvalue weighted by molar-refractivity contribution is 5.49. The van der Waals surface area contributed by atoms with E-state index in [1.807, 2.05) is 43.3 Å². The molecule has 1 aliphatic heterocycles. The second-order valence-corrected chi connectivity index (χ2v) is 7.96. The second-order valence-electron chi connectivity index (χ2n) is 7.96. The second kappa shape index (κ2) is 9.71. The Balaban J connectivity index is 1.29. The standard InChI is InChI=1S/C25H28N2O4/c1-19-4-3-5-20(14-19)17-31-25-18-30-23(15-24(25)28)16-26-10-12-27(13-11-26)21-6-8-22(29-2)9-7-21/h3-9,14-15,18H,10-13,16-17H2,1-2H3/p+1. The van der Waals surface area contributed by atoms with Crippen molar-refractivity contribution in [1.82, 2.24) is 0 Å². The number of hydrogen-bond acceptors (Lipinski definition) is 5. The van der Waals surface area contributed by atoms with Crippen molar-refractivity contribution in [2.45, 2.75) is 20.1 Å². The average Bonchev–Trinajstić information content (AvgIpc) is 2.79. The molecule has 1 aromatic heterocycles. The summed E-state index contributed by atoms with van der Waals surface area (Å²) < 4.78 is 16.6. The summed E-state index contributed by atoms with van der Waals surface area (Å²) in [5, 5.41) is 0. The molecule has 0 unspecified atom stereocenters. The molecular weight excluding hydrogens is 392 g/mol. The van der Waals surface area contributed by atoms with E-state index < -0.39 is 0 Å². The number of quaternary nitrogens is 1. The Hall–Kier alpha value is -3.25. The predicted octanol–water partition coefficient (Wildman–Crippen LogP) is 2.44. The topological polar surface area (TPSA) is 56.4 Å². The quantitative estimate of drug-likeness (QED) is 0.635. The first kappa shape index (κ1) is 21.0. The van der Waals surface area contributed by atoms with Crippen molar-refractivity contribution in [3.8, 4) is 11.5 Å². The van der Waals surface area contributed by atoms with Gasteiger partial charge in [-0.15, -0.1) is 0 Å². The zero-order chi connectivity index (χ0) is 21.6. The van der Waals surface area contributed by atoms with Crippen LogP contribution < -0.4 is 24.7 Å². The number of piperazine rings is 1. The first-order valence-corrected chi connectivity index (χ1v) is 10.6. The minimum Gasteiger partial charge on any atom is -0.497 e. The van der Waals surface area contributed by atoms with E-state index in [1.165, 1.54) is 22.4 Å². The Morgan fingerprint density at radius 1 is 1.06 bits per heavy atom. The van der Waals surface area contributed by atoms with Crippen LogP contribution in [0.15, 0.2) is 70.1 Å². The molecule has 162 valence electrons. The molecule has 1 aliphatic rings. The molecule has 6 heteroatoms. The van der Waals surface area contributed by atoms with Crippen molar-refractivity contribution in [1.29, 1.82) is 0 Å². The molecule has 1 N–H and O–H groups in total. The summed E-state index contributed by atoms with van der Waals surface area (Å²) in [6, 6.07) is 17.8.